The predicted molar refractivity (Wildman–Crippen MR) is 126 cm³/mol. The zero-order valence-corrected chi connectivity index (χ0v) is 20.0. The number of alkyl halides is 3. The van der Waals surface area contributed by atoms with E-state index in [0.29, 0.717) is 10.3 Å². The minimum atomic E-state index is -5.08. The second-order valence-corrected chi connectivity index (χ2v) is 8.30. The molecule has 13 heteroatoms. The molecule has 3 aromatic heterocycles. The number of carboxylic acids is 1. The first-order chi connectivity index (χ1) is 17.0. The summed E-state index contributed by atoms with van der Waals surface area (Å²) in [5.41, 5.74) is 1.47. The monoisotopic (exact) mass is 523 g/mol. The molecule has 0 aliphatic rings. The molecule has 1 N–H and O–H groups in total. The number of pyridine rings is 2. The number of ether oxygens (including phenoxy) is 1. The highest BCUT2D eigenvalue weighted by molar-refractivity contribution is 7.22. The first-order valence-electron chi connectivity index (χ1n) is 10.2. The predicted octanol–water partition coefficient (Wildman–Crippen LogP) is 3.99. The number of hydrogen-bond acceptors (Lipinski definition) is 7. The van der Waals surface area contributed by atoms with E-state index in [1.807, 2.05) is 36.4 Å². The van der Waals surface area contributed by atoms with Gasteiger partial charge in [-0.3, -0.25) is 19.4 Å². The van der Waals surface area contributed by atoms with Gasteiger partial charge in [-0.25, -0.2) is 9.86 Å². The Labute approximate surface area is 205 Å². The van der Waals surface area contributed by atoms with Crippen LogP contribution in [0, 0.1) is 0 Å². The molecule has 0 spiro atoms. The Kier molecular flexibility index (Phi) is 7.95. The first-order valence-corrected chi connectivity index (χ1v) is 11.0. The van der Waals surface area contributed by atoms with Gasteiger partial charge in [0.2, 0.25) is 0 Å². The number of hydroxylamine groups is 2. The summed E-state index contributed by atoms with van der Waals surface area (Å²) in [7, 11) is 4.66. The number of hydrogen-bond donors (Lipinski definition) is 1. The van der Waals surface area contributed by atoms with Gasteiger partial charge in [-0.2, -0.15) is 13.2 Å². The number of carboxylic acid groups (broad SMARTS) is 1. The molecule has 190 valence electrons. The highest BCUT2D eigenvalue weighted by Gasteiger charge is 2.38. The fourth-order valence-corrected chi connectivity index (χ4v) is 4.41. The van der Waals surface area contributed by atoms with Crippen molar-refractivity contribution in [3.8, 4) is 5.75 Å². The second-order valence-electron chi connectivity index (χ2n) is 7.28. The van der Waals surface area contributed by atoms with Crippen molar-refractivity contribution in [3.05, 3.63) is 69.6 Å². The number of nitrogens with zero attached hydrogens (tertiary/aromatic N) is 3. The molecule has 36 heavy (non-hydrogen) atoms. The number of amides is 1. The number of aryl methyl sites for hydroxylation is 1. The summed E-state index contributed by atoms with van der Waals surface area (Å²) < 4.78 is 40.1. The Hall–Kier alpha value is -3.97. The molecule has 0 saturated heterocycles. The highest BCUT2D eigenvalue weighted by atomic mass is 32.1. The molecule has 0 bridgehead atoms. The molecule has 0 atom stereocenters. The molecule has 4 aromatic rings. The minimum absolute atomic E-state index is 0.209. The summed E-state index contributed by atoms with van der Waals surface area (Å²) in [5.74, 6) is -2.85. The van der Waals surface area contributed by atoms with Crippen LogP contribution in [0.2, 0.25) is 0 Å². The van der Waals surface area contributed by atoms with Crippen molar-refractivity contribution in [2.75, 3.05) is 14.2 Å². The smallest absolute Gasteiger partial charge is 0.486 e. The van der Waals surface area contributed by atoms with Crippen molar-refractivity contribution in [3.63, 3.8) is 0 Å². The van der Waals surface area contributed by atoms with E-state index in [9.17, 15) is 22.8 Å². The van der Waals surface area contributed by atoms with Crippen LogP contribution >= 0.6 is 11.3 Å². The number of benzene rings is 1. The van der Waals surface area contributed by atoms with Gasteiger partial charge in [0.05, 0.1) is 17.3 Å². The Morgan fingerprint density at radius 3 is 2.36 bits per heavy atom. The normalized spacial score (nSPS) is 11.2. The van der Waals surface area contributed by atoms with Crippen molar-refractivity contribution < 1.29 is 37.4 Å². The third-order valence-electron chi connectivity index (χ3n) is 5.02. The lowest BCUT2D eigenvalue weighted by atomic mass is 10.1. The number of thiophene rings is 1. The topological polar surface area (TPSA) is 111 Å². The minimum Gasteiger partial charge on any atom is -0.486 e. The van der Waals surface area contributed by atoms with Crippen LogP contribution in [0.15, 0.2) is 53.6 Å². The zero-order valence-electron chi connectivity index (χ0n) is 19.2. The highest BCUT2D eigenvalue weighted by Crippen LogP contribution is 2.40. The molecule has 1 amide bonds. The maximum Gasteiger partial charge on any atom is 0.490 e. The van der Waals surface area contributed by atoms with Gasteiger partial charge >= 0.3 is 12.1 Å². The summed E-state index contributed by atoms with van der Waals surface area (Å²) in [6.07, 6.45) is -1.75. The maximum absolute atomic E-state index is 13.2. The van der Waals surface area contributed by atoms with Gasteiger partial charge in [0.1, 0.15) is 16.9 Å². The van der Waals surface area contributed by atoms with E-state index < -0.39 is 12.1 Å². The number of rotatable bonds is 5. The quantitative estimate of drug-likeness (QED) is 0.394. The fraction of sp³-hybridized carbons (Fsp3) is 0.217. The largest absolute Gasteiger partial charge is 0.490 e. The molecule has 0 saturated carbocycles. The molecule has 4 rings (SSSR count). The van der Waals surface area contributed by atoms with Crippen LogP contribution in [0.5, 0.6) is 5.75 Å². The summed E-state index contributed by atoms with van der Waals surface area (Å²) in [6, 6.07) is 11.3. The lowest BCUT2D eigenvalue weighted by Gasteiger charge is -2.14. The van der Waals surface area contributed by atoms with Gasteiger partial charge in [-0.1, -0.05) is 18.2 Å². The average Bonchev–Trinajstić information content (AvgIpc) is 3.25. The molecule has 1 aromatic carbocycles. The van der Waals surface area contributed by atoms with Crippen LogP contribution in [-0.4, -0.2) is 51.9 Å². The van der Waals surface area contributed by atoms with E-state index in [1.165, 1.54) is 25.5 Å². The van der Waals surface area contributed by atoms with Gasteiger partial charge < -0.3 is 14.4 Å². The summed E-state index contributed by atoms with van der Waals surface area (Å²) >= 11 is 1.24. The molecule has 3 heterocycles. The summed E-state index contributed by atoms with van der Waals surface area (Å²) in [4.78, 5) is 44.4. The van der Waals surface area contributed by atoms with Gasteiger partial charge in [-0.05, 0) is 23.8 Å². The standard InChI is InChI=1S/C21H19N3O4S.C2HF3O2/c1-23-15-7-5-4-6-14(15)18-16(20(23)25)17(19(29-18)21(26)24(2)27-3)28-12-13-8-10-22-11-9-13;3-2(4,5)1(6)7/h4-11H,12H2,1-3H3;(H,6,7). The third-order valence-corrected chi connectivity index (χ3v) is 6.21. The number of aliphatic carboxylic acids is 1. The van der Waals surface area contributed by atoms with Crippen LogP contribution in [-0.2, 0) is 23.3 Å². The lowest BCUT2D eigenvalue weighted by Crippen LogP contribution is -2.25. The Balaban J connectivity index is 0.000000454. The third kappa shape index (κ3) is 5.47. The Bertz CT molecular complexity index is 1470. The Morgan fingerprint density at radius 1 is 1.17 bits per heavy atom. The van der Waals surface area contributed by atoms with Gasteiger partial charge in [0.15, 0.2) is 5.75 Å². The van der Waals surface area contributed by atoms with Crippen LogP contribution in [0.25, 0.3) is 21.0 Å². The summed E-state index contributed by atoms with van der Waals surface area (Å²) in [5, 5.41) is 9.54. The molecule has 0 aliphatic carbocycles. The van der Waals surface area contributed by atoms with Crippen LogP contribution in [0.3, 0.4) is 0 Å². The second kappa shape index (κ2) is 10.7. The van der Waals surface area contributed by atoms with Crippen molar-refractivity contribution in [2.45, 2.75) is 12.8 Å². The van der Waals surface area contributed by atoms with Crippen molar-refractivity contribution in [1.82, 2.24) is 14.6 Å². The van der Waals surface area contributed by atoms with E-state index in [0.717, 1.165) is 26.2 Å². The van der Waals surface area contributed by atoms with Crippen molar-refractivity contribution >= 4 is 44.2 Å². The summed E-state index contributed by atoms with van der Waals surface area (Å²) in [6.45, 7) is 0.210. The number of carbonyl (C=O) groups excluding carboxylic acids is 1. The number of fused-ring (bicyclic) bond motifs is 3. The van der Waals surface area contributed by atoms with Crippen LogP contribution in [0.4, 0.5) is 13.2 Å². The molecular weight excluding hydrogens is 503 g/mol. The van der Waals surface area contributed by atoms with E-state index >= 15 is 0 Å². The number of aromatic nitrogens is 2. The lowest BCUT2D eigenvalue weighted by molar-refractivity contribution is -0.192. The SMILES string of the molecule is CON(C)C(=O)c1sc2c(c1OCc1ccncc1)c(=O)n(C)c1ccccc21.O=C(O)C(F)(F)F. The van der Waals surface area contributed by atoms with Crippen LogP contribution in [0.1, 0.15) is 15.2 Å². The van der Waals surface area contributed by atoms with E-state index in [-0.39, 0.29) is 23.8 Å². The van der Waals surface area contributed by atoms with E-state index in [1.54, 1.807) is 24.0 Å². The molecule has 0 fully saturated rings. The molecular formula is C23H20F3N3O6S. The van der Waals surface area contributed by atoms with E-state index in [2.05, 4.69) is 4.98 Å². The van der Waals surface area contributed by atoms with Crippen molar-refractivity contribution in [2.24, 2.45) is 7.05 Å². The number of para-hydroxylation sites is 1. The average molecular weight is 523 g/mol. The maximum atomic E-state index is 13.2. The fourth-order valence-electron chi connectivity index (χ4n) is 3.17. The van der Waals surface area contributed by atoms with Crippen molar-refractivity contribution in [1.29, 1.82) is 0 Å². The zero-order chi connectivity index (χ0) is 26.6. The molecule has 0 aliphatic heterocycles. The first kappa shape index (κ1) is 26.6. The van der Waals surface area contributed by atoms with Crippen LogP contribution < -0.4 is 10.3 Å². The molecule has 9 nitrogen and oxygen atoms in total. The van der Waals surface area contributed by atoms with Gasteiger partial charge in [0, 0.05) is 31.9 Å². The van der Waals surface area contributed by atoms with Gasteiger partial charge in [-0.15, -0.1) is 11.3 Å². The Morgan fingerprint density at radius 2 is 1.78 bits per heavy atom. The van der Waals surface area contributed by atoms with E-state index in [4.69, 9.17) is 19.5 Å². The number of carbonyl (C=O) groups is 2. The molecule has 0 radical (unpaired) electrons. The number of halogens is 3. The van der Waals surface area contributed by atoms with Gasteiger partial charge in [0.25, 0.3) is 11.5 Å². The molecule has 0 unspecified atom stereocenters.